The molecule has 8 heteroatoms. The fourth-order valence-corrected chi connectivity index (χ4v) is 2.75. The molecule has 0 unspecified atom stereocenters. The van der Waals surface area contributed by atoms with E-state index in [4.69, 9.17) is 23.2 Å². The van der Waals surface area contributed by atoms with Gasteiger partial charge in [-0.15, -0.1) is 0 Å². The molecule has 2 aromatic heterocycles. The molecule has 1 aromatic carbocycles. The quantitative estimate of drug-likeness (QED) is 0.669. The van der Waals surface area contributed by atoms with Gasteiger partial charge in [-0.25, -0.2) is 4.79 Å². The summed E-state index contributed by atoms with van der Waals surface area (Å²) >= 11 is 11.9. The Labute approximate surface area is 135 Å². The van der Waals surface area contributed by atoms with Gasteiger partial charge in [-0.2, -0.15) is 4.98 Å². The minimum Gasteiger partial charge on any atom is -0.312 e. The number of hydrogen-bond acceptors (Lipinski definition) is 3. The second-order valence-corrected chi connectivity index (χ2v) is 5.75. The topological polar surface area (TPSA) is 61.8 Å². The lowest BCUT2D eigenvalue weighted by Crippen LogP contribution is -2.39. The third kappa shape index (κ3) is 2.24. The Bertz CT molecular complexity index is 1000. The van der Waals surface area contributed by atoms with Crippen LogP contribution in [0.2, 0.25) is 10.3 Å². The van der Waals surface area contributed by atoms with Crippen molar-refractivity contribution in [3.05, 3.63) is 61.0 Å². The van der Waals surface area contributed by atoms with Crippen LogP contribution in [0.1, 0.15) is 5.56 Å². The van der Waals surface area contributed by atoms with E-state index in [0.717, 1.165) is 10.1 Å². The van der Waals surface area contributed by atoms with E-state index in [1.54, 1.807) is 38.4 Å². The molecule has 114 valence electrons. The first-order valence-electron chi connectivity index (χ1n) is 6.46. The van der Waals surface area contributed by atoms with E-state index in [1.807, 2.05) is 0 Å². The van der Waals surface area contributed by atoms with Crippen molar-refractivity contribution in [3.8, 4) is 0 Å². The van der Waals surface area contributed by atoms with Gasteiger partial charge in [-0.3, -0.25) is 13.9 Å². The van der Waals surface area contributed by atoms with Gasteiger partial charge in [0.15, 0.2) is 11.2 Å². The van der Waals surface area contributed by atoms with E-state index in [-0.39, 0.29) is 23.0 Å². The second-order valence-electron chi connectivity index (χ2n) is 4.97. The standard InChI is InChI=1S/C14H12Cl2N4O2/c1-18-10-11(17-13(18)16)19(2)14(22)20(12(10)21)7-8-4-3-5-9(15)6-8/h3-6H,7H2,1-2H3. The molecule has 0 aliphatic carbocycles. The van der Waals surface area contributed by atoms with Crippen molar-refractivity contribution in [2.75, 3.05) is 0 Å². The van der Waals surface area contributed by atoms with Crippen LogP contribution in [0.3, 0.4) is 0 Å². The van der Waals surface area contributed by atoms with Gasteiger partial charge >= 0.3 is 5.69 Å². The van der Waals surface area contributed by atoms with Gasteiger partial charge in [0.2, 0.25) is 5.28 Å². The van der Waals surface area contributed by atoms with E-state index in [1.165, 1.54) is 9.13 Å². The number of rotatable bonds is 2. The van der Waals surface area contributed by atoms with Crippen LogP contribution < -0.4 is 11.2 Å². The molecule has 0 fully saturated rings. The summed E-state index contributed by atoms with van der Waals surface area (Å²) < 4.78 is 3.92. The van der Waals surface area contributed by atoms with Crippen LogP contribution in [-0.4, -0.2) is 18.7 Å². The predicted molar refractivity (Wildman–Crippen MR) is 85.8 cm³/mol. The molecule has 3 rings (SSSR count). The zero-order chi connectivity index (χ0) is 16.0. The molecule has 0 aliphatic heterocycles. The van der Waals surface area contributed by atoms with Gasteiger partial charge in [0.25, 0.3) is 5.56 Å². The minimum atomic E-state index is -0.452. The van der Waals surface area contributed by atoms with Gasteiger partial charge < -0.3 is 4.57 Å². The zero-order valence-electron chi connectivity index (χ0n) is 11.9. The van der Waals surface area contributed by atoms with E-state index >= 15 is 0 Å². The molecule has 2 heterocycles. The Kier molecular flexibility index (Phi) is 3.58. The molecule has 3 aromatic rings. The molecule has 0 spiro atoms. The first kappa shape index (κ1) is 14.9. The monoisotopic (exact) mass is 338 g/mol. The summed E-state index contributed by atoms with van der Waals surface area (Å²) in [6.07, 6.45) is 0. The van der Waals surface area contributed by atoms with E-state index in [9.17, 15) is 9.59 Å². The van der Waals surface area contributed by atoms with Gasteiger partial charge in [-0.1, -0.05) is 23.7 Å². The molecule has 6 nitrogen and oxygen atoms in total. The lowest BCUT2D eigenvalue weighted by atomic mass is 10.2. The molecule has 0 N–H and O–H groups in total. The molecular formula is C14H12Cl2N4O2. The maximum absolute atomic E-state index is 12.6. The van der Waals surface area contributed by atoms with Crippen LogP contribution in [0.15, 0.2) is 33.9 Å². The summed E-state index contributed by atoms with van der Waals surface area (Å²) in [6.45, 7) is 0.130. The minimum absolute atomic E-state index is 0.130. The number of hydrogen-bond donors (Lipinski definition) is 0. The maximum Gasteiger partial charge on any atom is 0.332 e. The molecule has 0 radical (unpaired) electrons. The van der Waals surface area contributed by atoms with Gasteiger partial charge in [0.05, 0.1) is 6.54 Å². The summed E-state index contributed by atoms with van der Waals surface area (Å²) in [5.41, 5.74) is 0.436. The van der Waals surface area contributed by atoms with Crippen LogP contribution in [0, 0.1) is 0 Å². The highest BCUT2D eigenvalue weighted by atomic mass is 35.5. The number of fused-ring (bicyclic) bond motifs is 1. The Morgan fingerprint density at radius 3 is 2.55 bits per heavy atom. The summed E-state index contributed by atoms with van der Waals surface area (Å²) in [5, 5.41) is 0.703. The van der Waals surface area contributed by atoms with Crippen molar-refractivity contribution in [2.24, 2.45) is 14.1 Å². The highest BCUT2D eigenvalue weighted by molar-refractivity contribution is 6.30. The molecule has 22 heavy (non-hydrogen) atoms. The van der Waals surface area contributed by atoms with Crippen molar-refractivity contribution in [1.29, 1.82) is 0 Å². The lowest BCUT2D eigenvalue weighted by molar-refractivity contribution is 0.655. The normalized spacial score (nSPS) is 11.3. The van der Waals surface area contributed by atoms with Gasteiger partial charge in [-0.05, 0) is 29.3 Å². The number of aromatic nitrogens is 4. The summed E-state index contributed by atoms with van der Waals surface area (Å²) in [5.74, 6) is 0. The number of benzene rings is 1. The molecule has 0 saturated carbocycles. The van der Waals surface area contributed by atoms with Gasteiger partial charge in [0.1, 0.15) is 0 Å². The Morgan fingerprint density at radius 2 is 1.86 bits per heavy atom. The molecule has 0 aliphatic rings. The van der Waals surface area contributed by atoms with Crippen molar-refractivity contribution >= 4 is 34.4 Å². The number of halogens is 2. The van der Waals surface area contributed by atoms with E-state index < -0.39 is 11.2 Å². The average molecular weight is 339 g/mol. The fourth-order valence-electron chi connectivity index (χ4n) is 2.37. The fraction of sp³-hybridized carbons (Fsp3) is 0.214. The smallest absolute Gasteiger partial charge is 0.312 e. The molecule has 0 atom stereocenters. The summed E-state index contributed by atoms with van der Waals surface area (Å²) in [7, 11) is 3.19. The summed E-state index contributed by atoms with van der Waals surface area (Å²) in [4.78, 5) is 29.1. The average Bonchev–Trinajstić information content (AvgIpc) is 2.78. The van der Waals surface area contributed by atoms with Crippen molar-refractivity contribution in [1.82, 2.24) is 18.7 Å². The highest BCUT2D eigenvalue weighted by Crippen LogP contribution is 2.14. The maximum atomic E-state index is 12.6. The molecule has 0 saturated heterocycles. The van der Waals surface area contributed by atoms with Crippen molar-refractivity contribution in [2.45, 2.75) is 6.54 Å². The van der Waals surface area contributed by atoms with Crippen molar-refractivity contribution < 1.29 is 0 Å². The second kappa shape index (κ2) is 5.30. The van der Waals surface area contributed by atoms with Crippen molar-refractivity contribution in [3.63, 3.8) is 0 Å². The molecule has 0 bridgehead atoms. The Balaban J connectivity index is 2.28. The summed E-state index contributed by atoms with van der Waals surface area (Å²) in [6, 6.07) is 7.02. The largest absolute Gasteiger partial charge is 0.332 e. The first-order valence-corrected chi connectivity index (χ1v) is 7.22. The lowest BCUT2D eigenvalue weighted by Gasteiger charge is -2.09. The zero-order valence-corrected chi connectivity index (χ0v) is 13.4. The van der Waals surface area contributed by atoms with E-state index in [2.05, 4.69) is 4.98 Å². The Morgan fingerprint density at radius 1 is 1.14 bits per heavy atom. The highest BCUT2D eigenvalue weighted by Gasteiger charge is 2.17. The van der Waals surface area contributed by atoms with E-state index in [0.29, 0.717) is 5.02 Å². The first-order chi connectivity index (χ1) is 10.4. The number of nitrogens with zero attached hydrogens (tertiary/aromatic N) is 4. The SMILES string of the molecule is Cn1c(Cl)nc2c1c(=O)n(Cc1cccc(Cl)c1)c(=O)n2C. The third-order valence-electron chi connectivity index (χ3n) is 3.54. The molecule has 0 amide bonds. The predicted octanol–water partition coefficient (Wildman–Crippen LogP) is 1.79. The van der Waals surface area contributed by atoms with Crippen LogP contribution in [0.4, 0.5) is 0 Å². The Hall–Kier alpha value is -2.05. The van der Waals surface area contributed by atoms with Crippen LogP contribution >= 0.6 is 23.2 Å². The van der Waals surface area contributed by atoms with Gasteiger partial charge in [0, 0.05) is 19.1 Å². The van der Waals surface area contributed by atoms with Crippen LogP contribution in [0.25, 0.3) is 11.2 Å². The van der Waals surface area contributed by atoms with Crippen LogP contribution in [0.5, 0.6) is 0 Å². The van der Waals surface area contributed by atoms with Crippen LogP contribution in [-0.2, 0) is 20.6 Å². The number of aryl methyl sites for hydroxylation is 2. The molecular weight excluding hydrogens is 327 g/mol. The third-order valence-corrected chi connectivity index (χ3v) is 4.11. The number of imidazole rings is 1.